The summed E-state index contributed by atoms with van der Waals surface area (Å²) in [6.07, 6.45) is 5.24. The second kappa shape index (κ2) is 10.9. The second-order valence-corrected chi connectivity index (χ2v) is 11.3. The summed E-state index contributed by atoms with van der Waals surface area (Å²) >= 11 is 0. The van der Waals surface area contributed by atoms with Gasteiger partial charge in [0.05, 0.1) is 14.2 Å². The third-order valence-electron chi connectivity index (χ3n) is 8.38. The molecule has 2 aromatic carbocycles. The summed E-state index contributed by atoms with van der Waals surface area (Å²) in [4.78, 5) is 9.15. The number of H-pyrrole nitrogens is 1. The van der Waals surface area contributed by atoms with Crippen LogP contribution in [0.15, 0.2) is 36.4 Å². The van der Waals surface area contributed by atoms with Crippen molar-refractivity contribution in [3.63, 3.8) is 0 Å². The third kappa shape index (κ3) is 5.14. The molecule has 0 bridgehead atoms. The minimum Gasteiger partial charge on any atom is -0.493 e. The number of likely N-dealkylation sites (tertiary alicyclic amines) is 2. The van der Waals surface area contributed by atoms with Gasteiger partial charge in [-0.3, -0.25) is 4.90 Å². The maximum atomic E-state index is 5.54. The molecule has 2 saturated heterocycles. The lowest BCUT2D eigenvalue weighted by molar-refractivity contribution is 0.0726. The molecule has 1 aromatic heterocycles. The Morgan fingerprint density at radius 1 is 0.944 bits per heavy atom. The normalized spacial score (nSPS) is 20.3. The molecule has 3 heterocycles. The molecule has 0 amide bonds. The van der Waals surface area contributed by atoms with E-state index in [4.69, 9.17) is 9.47 Å². The summed E-state index contributed by atoms with van der Waals surface area (Å²) in [5, 5.41) is 1.33. The van der Waals surface area contributed by atoms with Gasteiger partial charge in [-0.15, -0.1) is 0 Å². The number of aryl methyl sites for hydroxylation is 1. The minimum atomic E-state index is 0.653. The van der Waals surface area contributed by atoms with Gasteiger partial charge in [-0.25, -0.2) is 0 Å². The average molecular weight is 490 g/mol. The SMILES string of the molecule is COc1ccc(-c2[nH]c3ccc(C4CCN(C5CCCN(CC(C)C)C5)CC4)cc3c2C)cc1OC. The lowest BCUT2D eigenvalue weighted by Crippen LogP contribution is -2.50. The number of methoxy groups -OCH3 is 2. The average Bonchev–Trinajstić information content (AvgIpc) is 3.23. The highest BCUT2D eigenvalue weighted by molar-refractivity contribution is 5.91. The fourth-order valence-corrected chi connectivity index (χ4v) is 6.49. The largest absolute Gasteiger partial charge is 0.493 e. The van der Waals surface area contributed by atoms with Crippen LogP contribution in [0.4, 0.5) is 0 Å². The van der Waals surface area contributed by atoms with Crippen molar-refractivity contribution in [2.45, 2.75) is 58.4 Å². The van der Waals surface area contributed by atoms with E-state index < -0.39 is 0 Å². The van der Waals surface area contributed by atoms with Crippen LogP contribution in [0.3, 0.4) is 0 Å². The van der Waals surface area contributed by atoms with E-state index in [1.165, 1.54) is 80.4 Å². The molecule has 5 rings (SSSR count). The molecule has 1 atom stereocenters. The van der Waals surface area contributed by atoms with Gasteiger partial charge in [-0.1, -0.05) is 19.9 Å². The highest BCUT2D eigenvalue weighted by Crippen LogP contribution is 2.38. The molecule has 3 aromatic rings. The zero-order valence-corrected chi connectivity index (χ0v) is 22.8. The Morgan fingerprint density at radius 3 is 2.44 bits per heavy atom. The Kier molecular flexibility index (Phi) is 7.59. The monoisotopic (exact) mass is 489 g/mol. The van der Waals surface area contributed by atoms with Gasteiger partial charge in [0.1, 0.15) is 0 Å². The van der Waals surface area contributed by atoms with Gasteiger partial charge < -0.3 is 19.4 Å². The Hall–Kier alpha value is -2.50. The van der Waals surface area contributed by atoms with Crippen LogP contribution in [0, 0.1) is 12.8 Å². The molecule has 0 radical (unpaired) electrons. The Bertz CT molecular complexity index is 1180. The first-order chi connectivity index (χ1) is 17.5. The van der Waals surface area contributed by atoms with Crippen molar-refractivity contribution in [3.05, 3.63) is 47.5 Å². The predicted octanol–water partition coefficient (Wildman–Crippen LogP) is 6.46. The van der Waals surface area contributed by atoms with Crippen molar-refractivity contribution < 1.29 is 9.47 Å². The molecule has 2 fully saturated rings. The highest BCUT2D eigenvalue weighted by atomic mass is 16.5. The molecule has 0 aliphatic carbocycles. The van der Waals surface area contributed by atoms with Gasteiger partial charge in [0.15, 0.2) is 11.5 Å². The molecular formula is C31H43N3O2. The number of aromatic amines is 1. The van der Waals surface area contributed by atoms with Crippen molar-refractivity contribution >= 4 is 10.9 Å². The number of aromatic nitrogens is 1. The summed E-state index contributed by atoms with van der Waals surface area (Å²) in [7, 11) is 3.36. The molecule has 36 heavy (non-hydrogen) atoms. The van der Waals surface area contributed by atoms with Gasteiger partial charge in [-0.05, 0) is 106 Å². The first-order valence-corrected chi connectivity index (χ1v) is 13.8. The maximum absolute atomic E-state index is 5.54. The van der Waals surface area contributed by atoms with Crippen molar-refractivity contribution in [1.82, 2.24) is 14.8 Å². The fourth-order valence-electron chi connectivity index (χ4n) is 6.49. The molecule has 2 aliphatic rings. The van der Waals surface area contributed by atoms with Gasteiger partial charge in [0.25, 0.3) is 0 Å². The van der Waals surface area contributed by atoms with Gasteiger partial charge >= 0.3 is 0 Å². The lowest BCUT2D eigenvalue weighted by atomic mass is 9.87. The molecule has 0 saturated carbocycles. The van der Waals surface area contributed by atoms with E-state index in [0.717, 1.165) is 34.7 Å². The van der Waals surface area contributed by atoms with Crippen LogP contribution in [0.2, 0.25) is 0 Å². The van der Waals surface area contributed by atoms with Crippen LogP contribution in [0.5, 0.6) is 11.5 Å². The summed E-state index contributed by atoms with van der Waals surface area (Å²) in [5.41, 5.74) is 6.26. The number of rotatable bonds is 7. The first kappa shape index (κ1) is 25.2. The Morgan fingerprint density at radius 2 is 1.72 bits per heavy atom. The number of hydrogen-bond acceptors (Lipinski definition) is 4. The van der Waals surface area contributed by atoms with E-state index in [2.05, 4.69) is 65.9 Å². The number of piperidine rings is 2. The van der Waals surface area contributed by atoms with Crippen LogP contribution in [-0.4, -0.2) is 67.8 Å². The van der Waals surface area contributed by atoms with E-state index >= 15 is 0 Å². The highest BCUT2D eigenvalue weighted by Gasteiger charge is 2.29. The van der Waals surface area contributed by atoms with E-state index in [1.807, 2.05) is 6.07 Å². The number of benzene rings is 2. The van der Waals surface area contributed by atoms with Crippen LogP contribution >= 0.6 is 0 Å². The number of fused-ring (bicyclic) bond motifs is 1. The van der Waals surface area contributed by atoms with Crippen molar-refractivity contribution in [1.29, 1.82) is 0 Å². The topological polar surface area (TPSA) is 40.7 Å². The van der Waals surface area contributed by atoms with Gasteiger partial charge in [-0.2, -0.15) is 0 Å². The Balaban J connectivity index is 1.29. The third-order valence-corrected chi connectivity index (χ3v) is 8.38. The lowest BCUT2D eigenvalue weighted by Gasteiger charge is -2.43. The van der Waals surface area contributed by atoms with Crippen LogP contribution in [-0.2, 0) is 0 Å². The molecule has 2 aliphatic heterocycles. The molecule has 194 valence electrons. The summed E-state index contributed by atoms with van der Waals surface area (Å²) in [5.74, 6) is 2.92. The zero-order chi connectivity index (χ0) is 25.2. The number of nitrogens with one attached hydrogen (secondary N) is 1. The quantitative estimate of drug-likeness (QED) is 0.413. The van der Waals surface area contributed by atoms with Crippen molar-refractivity contribution in [2.75, 3.05) is 46.9 Å². The molecule has 5 nitrogen and oxygen atoms in total. The van der Waals surface area contributed by atoms with Crippen LogP contribution in [0.1, 0.15) is 56.6 Å². The molecular weight excluding hydrogens is 446 g/mol. The van der Waals surface area contributed by atoms with E-state index in [-0.39, 0.29) is 0 Å². The van der Waals surface area contributed by atoms with Gasteiger partial charge in [0.2, 0.25) is 0 Å². The summed E-state index contributed by atoms with van der Waals surface area (Å²) in [6, 6.07) is 14.0. The molecule has 1 unspecified atom stereocenters. The smallest absolute Gasteiger partial charge is 0.161 e. The van der Waals surface area contributed by atoms with Gasteiger partial charge in [0, 0.05) is 41.3 Å². The van der Waals surface area contributed by atoms with Crippen molar-refractivity contribution in [3.8, 4) is 22.8 Å². The van der Waals surface area contributed by atoms with Crippen molar-refractivity contribution in [2.24, 2.45) is 5.92 Å². The first-order valence-electron chi connectivity index (χ1n) is 13.8. The van der Waals surface area contributed by atoms with E-state index in [0.29, 0.717) is 5.92 Å². The molecule has 0 spiro atoms. The number of nitrogens with zero attached hydrogens (tertiary/aromatic N) is 2. The molecule has 1 N–H and O–H groups in total. The van der Waals surface area contributed by atoms with Crippen LogP contribution in [0.25, 0.3) is 22.2 Å². The summed E-state index contributed by atoms with van der Waals surface area (Å²) in [6.45, 7) is 13.2. The maximum Gasteiger partial charge on any atom is 0.161 e. The number of ether oxygens (including phenoxy) is 2. The number of hydrogen-bond donors (Lipinski definition) is 1. The fraction of sp³-hybridized carbons (Fsp3) is 0.548. The minimum absolute atomic E-state index is 0.653. The van der Waals surface area contributed by atoms with E-state index in [1.54, 1.807) is 14.2 Å². The standard InChI is InChI=1S/C31H43N3O2/c1-21(2)19-33-14-6-7-26(20-33)34-15-12-23(13-16-34)24-8-10-28-27(17-24)22(3)31(32-28)25-9-11-29(35-4)30(18-25)36-5/h8-11,17-18,21,23,26,32H,6-7,12-16,19-20H2,1-5H3. The van der Waals surface area contributed by atoms with Crippen LogP contribution < -0.4 is 9.47 Å². The molecule has 5 heteroatoms. The zero-order valence-electron chi connectivity index (χ0n) is 22.8. The summed E-state index contributed by atoms with van der Waals surface area (Å²) < 4.78 is 11.0. The van der Waals surface area contributed by atoms with E-state index in [9.17, 15) is 0 Å². The second-order valence-electron chi connectivity index (χ2n) is 11.3. The predicted molar refractivity (Wildman–Crippen MR) is 149 cm³/mol. The Labute approximate surface area is 216 Å².